The van der Waals surface area contributed by atoms with Crippen LogP contribution < -0.4 is 10.6 Å². The summed E-state index contributed by atoms with van der Waals surface area (Å²) in [7, 11) is 0. The Hall–Kier alpha value is -2.37. The minimum absolute atomic E-state index is 0.173. The largest absolute Gasteiger partial charge is 0.381 e. The molecule has 0 unspecified atom stereocenters. The number of pyridine rings is 1. The lowest BCUT2D eigenvalue weighted by molar-refractivity contribution is 0.0951. The SMILES string of the molecule is CCNC(=O)c1cc(NCc2c(C)noc2C)ccn1. The number of hydrogen-bond acceptors (Lipinski definition) is 5. The number of nitrogens with one attached hydrogen (secondary N) is 2. The fourth-order valence-corrected chi connectivity index (χ4v) is 1.86. The van der Waals surface area contributed by atoms with E-state index in [-0.39, 0.29) is 5.91 Å². The monoisotopic (exact) mass is 274 g/mol. The smallest absolute Gasteiger partial charge is 0.269 e. The molecule has 0 bridgehead atoms. The molecule has 0 atom stereocenters. The van der Waals surface area contributed by atoms with Crippen molar-refractivity contribution in [3.63, 3.8) is 0 Å². The summed E-state index contributed by atoms with van der Waals surface area (Å²) in [5.41, 5.74) is 3.13. The van der Waals surface area contributed by atoms with E-state index in [0.717, 1.165) is 22.7 Å². The first-order valence-electron chi connectivity index (χ1n) is 6.51. The van der Waals surface area contributed by atoms with Gasteiger partial charge in [0.25, 0.3) is 5.91 Å². The van der Waals surface area contributed by atoms with Crippen molar-refractivity contribution >= 4 is 11.6 Å². The predicted molar refractivity (Wildman–Crippen MR) is 75.5 cm³/mol. The van der Waals surface area contributed by atoms with Gasteiger partial charge in [0.15, 0.2) is 0 Å². The first-order chi connectivity index (χ1) is 9.61. The van der Waals surface area contributed by atoms with Crippen molar-refractivity contribution in [2.45, 2.75) is 27.3 Å². The zero-order chi connectivity index (χ0) is 14.5. The number of hydrogen-bond donors (Lipinski definition) is 2. The summed E-state index contributed by atoms with van der Waals surface area (Å²) in [5.74, 6) is 0.626. The molecule has 20 heavy (non-hydrogen) atoms. The second-order valence-corrected chi connectivity index (χ2v) is 4.45. The van der Waals surface area contributed by atoms with Crippen molar-refractivity contribution in [2.75, 3.05) is 11.9 Å². The first kappa shape index (κ1) is 14.0. The zero-order valence-electron chi connectivity index (χ0n) is 11.9. The normalized spacial score (nSPS) is 10.3. The highest BCUT2D eigenvalue weighted by atomic mass is 16.5. The van der Waals surface area contributed by atoms with Crippen LogP contribution in [0.3, 0.4) is 0 Å². The molecule has 0 saturated carbocycles. The summed E-state index contributed by atoms with van der Waals surface area (Å²) < 4.78 is 5.11. The highest BCUT2D eigenvalue weighted by Gasteiger charge is 2.10. The molecule has 0 aliphatic heterocycles. The van der Waals surface area contributed by atoms with Crippen LogP contribution in [0.2, 0.25) is 0 Å². The van der Waals surface area contributed by atoms with Crippen LogP contribution in [0.5, 0.6) is 0 Å². The molecule has 1 amide bonds. The molecule has 6 nitrogen and oxygen atoms in total. The molecule has 2 heterocycles. The van der Waals surface area contributed by atoms with E-state index in [1.165, 1.54) is 0 Å². The van der Waals surface area contributed by atoms with E-state index in [9.17, 15) is 4.79 Å². The molecule has 0 aromatic carbocycles. The van der Waals surface area contributed by atoms with Gasteiger partial charge in [-0.05, 0) is 32.9 Å². The first-order valence-corrected chi connectivity index (χ1v) is 6.51. The molecular weight excluding hydrogens is 256 g/mol. The number of carbonyl (C=O) groups excluding carboxylic acids is 1. The van der Waals surface area contributed by atoms with Gasteiger partial charge in [-0.25, -0.2) is 0 Å². The second-order valence-electron chi connectivity index (χ2n) is 4.45. The minimum atomic E-state index is -0.173. The maximum Gasteiger partial charge on any atom is 0.269 e. The lowest BCUT2D eigenvalue weighted by atomic mass is 10.2. The third-order valence-electron chi connectivity index (χ3n) is 2.98. The van der Waals surface area contributed by atoms with Crippen LogP contribution >= 0.6 is 0 Å². The number of carbonyl (C=O) groups is 1. The van der Waals surface area contributed by atoms with Gasteiger partial charge in [-0.1, -0.05) is 5.16 Å². The number of amides is 1. The summed E-state index contributed by atoms with van der Waals surface area (Å²) >= 11 is 0. The molecule has 6 heteroatoms. The Balaban J connectivity index is 2.07. The van der Waals surface area contributed by atoms with Crippen molar-refractivity contribution in [1.82, 2.24) is 15.5 Å². The van der Waals surface area contributed by atoms with Gasteiger partial charge in [-0.3, -0.25) is 9.78 Å². The van der Waals surface area contributed by atoms with Crippen LogP contribution in [0.4, 0.5) is 5.69 Å². The number of anilines is 1. The van der Waals surface area contributed by atoms with Crippen molar-refractivity contribution in [1.29, 1.82) is 0 Å². The summed E-state index contributed by atoms with van der Waals surface area (Å²) in [6, 6.07) is 3.55. The predicted octanol–water partition coefficient (Wildman–Crippen LogP) is 2.05. The number of aryl methyl sites for hydroxylation is 2. The highest BCUT2D eigenvalue weighted by Crippen LogP contribution is 2.15. The molecular formula is C14H18N4O2. The van der Waals surface area contributed by atoms with E-state index >= 15 is 0 Å². The topological polar surface area (TPSA) is 80.0 Å². The quantitative estimate of drug-likeness (QED) is 0.872. The number of rotatable bonds is 5. The average molecular weight is 274 g/mol. The van der Waals surface area contributed by atoms with Crippen LogP contribution in [-0.4, -0.2) is 22.6 Å². The molecule has 2 rings (SSSR count). The van der Waals surface area contributed by atoms with E-state index in [1.807, 2.05) is 26.8 Å². The third kappa shape index (κ3) is 3.14. The van der Waals surface area contributed by atoms with Gasteiger partial charge in [0.1, 0.15) is 11.5 Å². The molecule has 0 fully saturated rings. The van der Waals surface area contributed by atoms with Gasteiger partial charge in [0.05, 0.1) is 5.69 Å². The maximum absolute atomic E-state index is 11.7. The van der Waals surface area contributed by atoms with E-state index in [0.29, 0.717) is 18.8 Å². The number of nitrogens with zero attached hydrogens (tertiary/aromatic N) is 2. The zero-order valence-corrected chi connectivity index (χ0v) is 11.9. The number of aromatic nitrogens is 2. The van der Waals surface area contributed by atoms with Crippen molar-refractivity contribution < 1.29 is 9.32 Å². The van der Waals surface area contributed by atoms with E-state index in [4.69, 9.17) is 4.52 Å². The Morgan fingerprint density at radius 1 is 1.40 bits per heavy atom. The molecule has 106 valence electrons. The Morgan fingerprint density at radius 2 is 2.20 bits per heavy atom. The van der Waals surface area contributed by atoms with Crippen molar-refractivity contribution in [3.8, 4) is 0 Å². The molecule has 0 aliphatic carbocycles. The van der Waals surface area contributed by atoms with Crippen molar-refractivity contribution in [3.05, 3.63) is 41.0 Å². The maximum atomic E-state index is 11.7. The van der Waals surface area contributed by atoms with Gasteiger partial charge in [0.2, 0.25) is 0 Å². The summed E-state index contributed by atoms with van der Waals surface area (Å²) in [6.07, 6.45) is 1.61. The Labute approximate surface area is 117 Å². The van der Waals surface area contributed by atoms with Crippen LogP contribution in [0.1, 0.15) is 34.4 Å². The fraction of sp³-hybridized carbons (Fsp3) is 0.357. The van der Waals surface area contributed by atoms with Crippen LogP contribution in [0.25, 0.3) is 0 Å². The lowest BCUT2D eigenvalue weighted by Gasteiger charge is -2.07. The standard InChI is InChI=1S/C14H18N4O2/c1-4-15-14(19)13-7-11(5-6-16-13)17-8-12-9(2)18-20-10(12)3/h5-7H,4,8H2,1-3H3,(H,15,19)(H,16,17). The van der Waals surface area contributed by atoms with Crippen molar-refractivity contribution in [2.24, 2.45) is 0 Å². The molecule has 2 aromatic rings. The van der Waals surface area contributed by atoms with Crippen LogP contribution in [-0.2, 0) is 6.54 Å². The summed E-state index contributed by atoms with van der Waals surface area (Å²) in [6.45, 7) is 6.83. The molecule has 2 aromatic heterocycles. The van der Waals surface area contributed by atoms with E-state index < -0.39 is 0 Å². The average Bonchev–Trinajstić information content (AvgIpc) is 2.76. The van der Waals surface area contributed by atoms with Gasteiger partial charge in [0, 0.05) is 30.5 Å². The molecule has 0 spiro atoms. The molecule has 0 saturated heterocycles. The summed E-state index contributed by atoms with van der Waals surface area (Å²) in [5, 5.41) is 9.88. The Morgan fingerprint density at radius 3 is 2.85 bits per heavy atom. The third-order valence-corrected chi connectivity index (χ3v) is 2.98. The van der Waals surface area contributed by atoms with Crippen LogP contribution in [0, 0.1) is 13.8 Å². The molecule has 0 aliphatic rings. The second kappa shape index (κ2) is 6.18. The molecule has 2 N–H and O–H groups in total. The highest BCUT2D eigenvalue weighted by molar-refractivity contribution is 5.93. The fourth-order valence-electron chi connectivity index (χ4n) is 1.86. The Kier molecular flexibility index (Phi) is 4.34. The molecule has 0 radical (unpaired) electrons. The van der Waals surface area contributed by atoms with Gasteiger partial charge < -0.3 is 15.2 Å². The van der Waals surface area contributed by atoms with E-state index in [1.54, 1.807) is 12.3 Å². The Bertz CT molecular complexity index is 587. The van der Waals surface area contributed by atoms with E-state index in [2.05, 4.69) is 20.8 Å². The lowest BCUT2D eigenvalue weighted by Crippen LogP contribution is -2.23. The van der Waals surface area contributed by atoms with Gasteiger partial charge in [-0.2, -0.15) is 0 Å². The van der Waals surface area contributed by atoms with Gasteiger partial charge in [-0.15, -0.1) is 0 Å². The van der Waals surface area contributed by atoms with Gasteiger partial charge >= 0.3 is 0 Å². The minimum Gasteiger partial charge on any atom is -0.381 e. The summed E-state index contributed by atoms with van der Waals surface area (Å²) in [4.78, 5) is 15.8. The van der Waals surface area contributed by atoms with Crippen LogP contribution in [0.15, 0.2) is 22.9 Å².